The van der Waals surface area contributed by atoms with Crippen LogP contribution in [-0.4, -0.2) is 14.8 Å². The van der Waals surface area contributed by atoms with Gasteiger partial charge in [0.25, 0.3) is 0 Å². The first-order valence-electron chi connectivity index (χ1n) is 9.19. The molecule has 4 aromatic rings. The van der Waals surface area contributed by atoms with Gasteiger partial charge in [0, 0.05) is 20.8 Å². The Balaban J connectivity index is 1.61. The highest BCUT2D eigenvalue weighted by molar-refractivity contribution is 9.10. The van der Waals surface area contributed by atoms with Crippen molar-refractivity contribution >= 4 is 39.2 Å². The summed E-state index contributed by atoms with van der Waals surface area (Å²) in [6.45, 7) is 0. The van der Waals surface area contributed by atoms with Crippen molar-refractivity contribution in [2.24, 2.45) is 0 Å². The Hall–Kier alpha value is -2.89. The zero-order valence-corrected chi connectivity index (χ0v) is 17.6. The lowest BCUT2D eigenvalue weighted by Crippen LogP contribution is -2.20. The van der Waals surface area contributed by atoms with E-state index in [1.165, 1.54) is 0 Å². The number of aromatic nitrogens is 3. The van der Waals surface area contributed by atoms with Gasteiger partial charge in [-0.2, -0.15) is 4.98 Å². The number of benzene rings is 3. The van der Waals surface area contributed by atoms with E-state index in [-0.39, 0.29) is 6.04 Å². The van der Waals surface area contributed by atoms with Crippen LogP contribution in [0, 0.1) is 0 Å². The molecule has 2 heterocycles. The Morgan fingerprint density at radius 2 is 1.55 bits per heavy atom. The number of hydrogen-bond donors (Lipinski definition) is 1. The van der Waals surface area contributed by atoms with Crippen molar-refractivity contribution in [1.82, 2.24) is 14.8 Å². The van der Waals surface area contributed by atoms with Crippen LogP contribution in [0.3, 0.4) is 0 Å². The molecular weight excluding hydrogens is 448 g/mol. The number of nitrogens with one attached hydrogen (secondary N) is 1. The van der Waals surface area contributed by atoms with Gasteiger partial charge in [-0.05, 0) is 53.6 Å². The molecule has 4 nitrogen and oxygen atoms in total. The Bertz CT molecular complexity index is 1180. The van der Waals surface area contributed by atoms with Crippen LogP contribution in [0.1, 0.15) is 17.2 Å². The van der Waals surface area contributed by atoms with Crippen molar-refractivity contribution in [3.05, 3.63) is 106 Å². The third-order valence-electron chi connectivity index (χ3n) is 4.86. The second-order valence-corrected chi connectivity index (χ2v) is 8.13. The molecule has 0 fully saturated rings. The second-order valence-electron chi connectivity index (χ2n) is 6.78. The minimum absolute atomic E-state index is 0.0559. The molecule has 3 aromatic carbocycles. The molecule has 0 aliphatic carbocycles. The summed E-state index contributed by atoms with van der Waals surface area (Å²) in [6, 6.07) is 26.1. The predicted octanol–water partition coefficient (Wildman–Crippen LogP) is 6.42. The summed E-state index contributed by atoms with van der Waals surface area (Å²) < 4.78 is 2.98. The molecule has 29 heavy (non-hydrogen) atoms. The molecule has 0 bridgehead atoms. The molecule has 0 radical (unpaired) electrons. The Morgan fingerprint density at radius 3 is 2.28 bits per heavy atom. The van der Waals surface area contributed by atoms with Crippen LogP contribution < -0.4 is 5.32 Å². The van der Waals surface area contributed by atoms with Gasteiger partial charge in [0.15, 0.2) is 5.82 Å². The summed E-state index contributed by atoms with van der Waals surface area (Å²) in [7, 11) is 0. The van der Waals surface area contributed by atoms with Crippen molar-refractivity contribution in [3.63, 3.8) is 0 Å². The minimum Gasteiger partial charge on any atom is -0.324 e. The average molecular weight is 464 g/mol. The third-order valence-corrected chi connectivity index (χ3v) is 5.65. The van der Waals surface area contributed by atoms with Gasteiger partial charge in [0.1, 0.15) is 6.04 Å². The number of hydrogen-bond acceptors (Lipinski definition) is 3. The maximum Gasteiger partial charge on any atom is 0.227 e. The van der Waals surface area contributed by atoms with Gasteiger partial charge in [0.2, 0.25) is 5.95 Å². The second kappa shape index (κ2) is 7.50. The van der Waals surface area contributed by atoms with E-state index in [9.17, 15) is 0 Å². The molecule has 5 rings (SSSR count). The van der Waals surface area contributed by atoms with Gasteiger partial charge >= 0.3 is 0 Å². The standard InChI is InChI=1S/C23H16BrClN4/c24-18-10-6-15(7-11-18)20-14-21(16-4-2-1-3-5-16)29-23(26-20)27-22(28-29)17-8-12-19(25)13-9-17/h1-14,21H,(H,26,27,28). The minimum atomic E-state index is -0.0559. The smallest absolute Gasteiger partial charge is 0.227 e. The van der Waals surface area contributed by atoms with Crippen LogP contribution in [0.4, 0.5) is 5.95 Å². The Labute approximate surface area is 182 Å². The van der Waals surface area contributed by atoms with Gasteiger partial charge in [-0.25, -0.2) is 4.68 Å². The normalized spacial score (nSPS) is 15.4. The van der Waals surface area contributed by atoms with Gasteiger partial charge in [-0.15, -0.1) is 5.10 Å². The van der Waals surface area contributed by atoms with E-state index in [0.29, 0.717) is 16.8 Å². The first-order valence-corrected chi connectivity index (χ1v) is 10.4. The summed E-state index contributed by atoms with van der Waals surface area (Å²) in [4.78, 5) is 4.77. The summed E-state index contributed by atoms with van der Waals surface area (Å²) in [5, 5.41) is 8.93. The lowest BCUT2D eigenvalue weighted by atomic mass is 10.0. The average Bonchev–Trinajstić information content (AvgIpc) is 3.19. The SMILES string of the molecule is Clc1ccc(-c2nc3n(n2)C(c2ccccc2)C=C(c2ccc(Br)cc2)N3)cc1. The van der Waals surface area contributed by atoms with Gasteiger partial charge in [0.05, 0.1) is 0 Å². The lowest BCUT2D eigenvalue weighted by molar-refractivity contribution is 0.613. The molecule has 0 amide bonds. The van der Waals surface area contributed by atoms with Gasteiger partial charge < -0.3 is 5.32 Å². The van der Waals surface area contributed by atoms with E-state index >= 15 is 0 Å². The van der Waals surface area contributed by atoms with E-state index in [0.717, 1.165) is 26.9 Å². The predicted molar refractivity (Wildman–Crippen MR) is 121 cm³/mol. The van der Waals surface area contributed by atoms with E-state index < -0.39 is 0 Å². The van der Waals surface area contributed by atoms with E-state index in [1.807, 2.05) is 59.3 Å². The fraction of sp³-hybridized carbons (Fsp3) is 0.0435. The number of nitrogens with zero attached hydrogens (tertiary/aromatic N) is 3. The van der Waals surface area contributed by atoms with Crippen LogP contribution in [0.5, 0.6) is 0 Å². The first-order chi connectivity index (χ1) is 14.2. The van der Waals surface area contributed by atoms with Crippen molar-refractivity contribution in [2.75, 3.05) is 5.32 Å². The Morgan fingerprint density at radius 1 is 0.862 bits per heavy atom. The zero-order chi connectivity index (χ0) is 19.8. The topological polar surface area (TPSA) is 42.7 Å². The molecule has 6 heteroatoms. The summed E-state index contributed by atoms with van der Waals surface area (Å²) >= 11 is 9.53. The van der Waals surface area contributed by atoms with Crippen molar-refractivity contribution < 1.29 is 0 Å². The molecule has 1 aliphatic rings. The van der Waals surface area contributed by atoms with Crippen molar-refractivity contribution in [1.29, 1.82) is 0 Å². The van der Waals surface area contributed by atoms with Crippen molar-refractivity contribution in [3.8, 4) is 11.4 Å². The van der Waals surface area contributed by atoms with Gasteiger partial charge in [-0.1, -0.05) is 70.0 Å². The molecule has 1 unspecified atom stereocenters. The highest BCUT2D eigenvalue weighted by Crippen LogP contribution is 2.34. The molecule has 142 valence electrons. The van der Waals surface area contributed by atoms with Crippen LogP contribution in [0.25, 0.3) is 17.1 Å². The molecular formula is C23H16BrClN4. The molecule has 1 aliphatic heterocycles. The number of allylic oxidation sites excluding steroid dienone is 1. The lowest BCUT2D eigenvalue weighted by Gasteiger charge is -2.24. The number of fused-ring (bicyclic) bond motifs is 1. The third kappa shape index (κ3) is 3.59. The highest BCUT2D eigenvalue weighted by atomic mass is 79.9. The summed E-state index contributed by atoms with van der Waals surface area (Å²) in [6.07, 6.45) is 2.19. The summed E-state index contributed by atoms with van der Waals surface area (Å²) in [5.74, 6) is 1.37. The van der Waals surface area contributed by atoms with Crippen molar-refractivity contribution in [2.45, 2.75) is 6.04 Å². The fourth-order valence-corrected chi connectivity index (χ4v) is 3.79. The maximum atomic E-state index is 6.03. The molecule has 1 atom stereocenters. The molecule has 0 saturated heterocycles. The fourth-order valence-electron chi connectivity index (χ4n) is 3.40. The van der Waals surface area contributed by atoms with Crippen LogP contribution in [0.2, 0.25) is 5.02 Å². The quantitative estimate of drug-likeness (QED) is 0.381. The van der Waals surface area contributed by atoms with E-state index in [2.05, 4.69) is 51.6 Å². The van der Waals surface area contributed by atoms with Crippen LogP contribution in [-0.2, 0) is 0 Å². The maximum absolute atomic E-state index is 6.03. The number of anilines is 1. The largest absolute Gasteiger partial charge is 0.324 e. The first kappa shape index (κ1) is 18.2. The summed E-state index contributed by atoms with van der Waals surface area (Å²) in [5.41, 5.74) is 4.18. The molecule has 0 spiro atoms. The highest BCUT2D eigenvalue weighted by Gasteiger charge is 2.25. The van der Waals surface area contributed by atoms with E-state index in [4.69, 9.17) is 21.7 Å². The molecule has 1 N–H and O–H groups in total. The Kier molecular flexibility index (Phi) is 4.70. The molecule has 1 aromatic heterocycles. The van der Waals surface area contributed by atoms with Crippen LogP contribution in [0.15, 0.2) is 89.4 Å². The zero-order valence-electron chi connectivity index (χ0n) is 15.3. The van der Waals surface area contributed by atoms with Crippen LogP contribution >= 0.6 is 27.5 Å². The number of rotatable bonds is 3. The van der Waals surface area contributed by atoms with E-state index in [1.54, 1.807) is 0 Å². The number of halogens is 2. The molecule has 0 saturated carbocycles. The monoisotopic (exact) mass is 462 g/mol. The van der Waals surface area contributed by atoms with Gasteiger partial charge in [-0.3, -0.25) is 0 Å².